The van der Waals surface area contributed by atoms with Crippen molar-refractivity contribution in [3.63, 3.8) is 0 Å². The van der Waals surface area contributed by atoms with Crippen LogP contribution in [0, 0.1) is 6.92 Å². The normalized spacial score (nSPS) is 10.9. The van der Waals surface area contributed by atoms with Crippen LogP contribution in [-0.2, 0) is 6.54 Å². The van der Waals surface area contributed by atoms with Crippen molar-refractivity contribution in [2.45, 2.75) is 33.4 Å². The first-order valence-electron chi connectivity index (χ1n) is 6.09. The molecule has 1 heterocycles. The van der Waals surface area contributed by atoms with Crippen molar-refractivity contribution < 1.29 is 0 Å². The maximum atomic E-state index is 6.00. The van der Waals surface area contributed by atoms with Gasteiger partial charge < -0.3 is 9.88 Å². The number of hydrogen-bond acceptors (Lipinski definition) is 2. The topological polar surface area (TPSA) is 29.9 Å². The minimum Gasteiger partial charge on any atom is -0.353 e. The Morgan fingerprint density at radius 2 is 2.17 bits per heavy atom. The fourth-order valence-electron chi connectivity index (χ4n) is 1.87. The van der Waals surface area contributed by atoms with Crippen LogP contribution in [0.3, 0.4) is 0 Å². The molecule has 1 aromatic carbocycles. The van der Waals surface area contributed by atoms with Crippen LogP contribution in [0.2, 0.25) is 5.02 Å². The van der Waals surface area contributed by atoms with E-state index in [4.69, 9.17) is 11.6 Å². The molecule has 0 radical (unpaired) electrons. The summed E-state index contributed by atoms with van der Waals surface area (Å²) >= 11 is 6.00. The second-order valence-electron chi connectivity index (χ2n) is 4.76. The lowest BCUT2D eigenvalue weighted by Crippen LogP contribution is -2.14. The maximum absolute atomic E-state index is 6.00. The van der Waals surface area contributed by atoms with E-state index in [2.05, 4.69) is 34.8 Å². The minimum absolute atomic E-state index is 0.366. The summed E-state index contributed by atoms with van der Waals surface area (Å²) in [5.41, 5.74) is 2.19. The van der Waals surface area contributed by atoms with E-state index in [9.17, 15) is 0 Å². The second kappa shape index (κ2) is 5.44. The number of benzene rings is 1. The lowest BCUT2D eigenvalue weighted by atomic mass is 10.2. The third-order valence-corrected chi connectivity index (χ3v) is 2.79. The molecule has 0 aliphatic rings. The standard InChI is InChI=1S/C14H18ClN3/c1-10(2)16-14-17-11(3)8-18(14)9-12-5-4-6-13(15)7-12/h4-8,10H,9H2,1-3H3,(H,16,17). The lowest BCUT2D eigenvalue weighted by molar-refractivity contribution is 0.774. The first-order valence-corrected chi connectivity index (χ1v) is 6.47. The van der Waals surface area contributed by atoms with Gasteiger partial charge in [-0.25, -0.2) is 4.98 Å². The number of aromatic nitrogens is 2. The second-order valence-corrected chi connectivity index (χ2v) is 5.20. The number of nitrogens with zero attached hydrogens (tertiary/aromatic N) is 2. The molecule has 18 heavy (non-hydrogen) atoms. The molecule has 0 aliphatic carbocycles. The van der Waals surface area contributed by atoms with Gasteiger partial charge in [-0.2, -0.15) is 0 Å². The van der Waals surface area contributed by atoms with Gasteiger partial charge in [-0.05, 0) is 38.5 Å². The van der Waals surface area contributed by atoms with Gasteiger partial charge in [-0.15, -0.1) is 0 Å². The molecule has 1 N–H and O–H groups in total. The fraction of sp³-hybridized carbons (Fsp3) is 0.357. The molecular weight excluding hydrogens is 246 g/mol. The van der Waals surface area contributed by atoms with Crippen LogP contribution >= 0.6 is 11.6 Å². The molecule has 96 valence electrons. The number of halogens is 1. The van der Waals surface area contributed by atoms with Crippen molar-refractivity contribution >= 4 is 17.5 Å². The number of hydrogen-bond donors (Lipinski definition) is 1. The van der Waals surface area contributed by atoms with Crippen LogP contribution in [0.4, 0.5) is 5.95 Å². The first kappa shape index (κ1) is 13.0. The molecule has 0 fully saturated rings. The molecule has 2 rings (SSSR count). The van der Waals surface area contributed by atoms with Gasteiger partial charge in [0.2, 0.25) is 5.95 Å². The predicted molar refractivity (Wildman–Crippen MR) is 76.3 cm³/mol. The van der Waals surface area contributed by atoms with Crippen LogP contribution in [0.25, 0.3) is 0 Å². The molecule has 0 aliphatic heterocycles. The van der Waals surface area contributed by atoms with Gasteiger partial charge in [-0.3, -0.25) is 0 Å². The number of nitrogens with one attached hydrogen (secondary N) is 1. The van der Waals surface area contributed by atoms with Crippen LogP contribution < -0.4 is 5.32 Å². The van der Waals surface area contributed by atoms with Gasteiger partial charge in [0, 0.05) is 17.3 Å². The van der Waals surface area contributed by atoms with Gasteiger partial charge in [0.05, 0.1) is 12.2 Å². The van der Waals surface area contributed by atoms with E-state index >= 15 is 0 Å². The Morgan fingerprint density at radius 1 is 1.39 bits per heavy atom. The highest BCUT2D eigenvalue weighted by molar-refractivity contribution is 6.30. The molecule has 2 aromatic rings. The summed E-state index contributed by atoms with van der Waals surface area (Å²) in [6, 6.07) is 8.27. The summed E-state index contributed by atoms with van der Waals surface area (Å²) < 4.78 is 2.11. The SMILES string of the molecule is Cc1cn(Cc2cccc(Cl)c2)c(NC(C)C)n1. The monoisotopic (exact) mass is 263 g/mol. The zero-order valence-corrected chi connectivity index (χ0v) is 11.7. The van der Waals surface area contributed by atoms with Crippen LogP contribution in [-0.4, -0.2) is 15.6 Å². The Bertz CT molecular complexity index is 532. The van der Waals surface area contributed by atoms with Crippen molar-refractivity contribution in [3.05, 3.63) is 46.7 Å². The van der Waals surface area contributed by atoms with Gasteiger partial charge in [0.25, 0.3) is 0 Å². The van der Waals surface area contributed by atoms with E-state index < -0.39 is 0 Å². The number of anilines is 1. The lowest BCUT2D eigenvalue weighted by Gasteiger charge is -2.12. The number of imidazole rings is 1. The van der Waals surface area contributed by atoms with Crippen LogP contribution in [0.1, 0.15) is 25.1 Å². The van der Waals surface area contributed by atoms with Crippen molar-refractivity contribution in [2.24, 2.45) is 0 Å². The summed E-state index contributed by atoms with van der Waals surface area (Å²) in [5.74, 6) is 0.905. The number of rotatable bonds is 4. The van der Waals surface area contributed by atoms with E-state index in [1.165, 1.54) is 5.56 Å². The quantitative estimate of drug-likeness (QED) is 0.911. The van der Waals surface area contributed by atoms with Gasteiger partial charge in [0.15, 0.2) is 0 Å². The van der Waals surface area contributed by atoms with E-state index in [1.807, 2.05) is 31.3 Å². The Kier molecular flexibility index (Phi) is 3.92. The Morgan fingerprint density at radius 3 is 2.83 bits per heavy atom. The Labute approximate surface area is 113 Å². The highest BCUT2D eigenvalue weighted by Gasteiger charge is 2.07. The molecule has 1 aromatic heterocycles. The highest BCUT2D eigenvalue weighted by Crippen LogP contribution is 2.16. The van der Waals surface area contributed by atoms with Gasteiger partial charge >= 0.3 is 0 Å². The average molecular weight is 264 g/mol. The predicted octanol–water partition coefficient (Wildman–Crippen LogP) is 3.71. The third kappa shape index (κ3) is 3.26. The molecule has 0 atom stereocenters. The Balaban J connectivity index is 2.23. The van der Waals surface area contributed by atoms with Gasteiger partial charge in [-0.1, -0.05) is 23.7 Å². The molecule has 0 saturated heterocycles. The maximum Gasteiger partial charge on any atom is 0.203 e. The molecule has 0 amide bonds. The first-order chi connectivity index (χ1) is 8.54. The van der Waals surface area contributed by atoms with Crippen molar-refractivity contribution in [1.82, 2.24) is 9.55 Å². The molecule has 0 spiro atoms. The zero-order chi connectivity index (χ0) is 13.1. The molecular formula is C14H18ClN3. The third-order valence-electron chi connectivity index (χ3n) is 2.56. The molecule has 4 heteroatoms. The summed E-state index contributed by atoms with van der Waals surface area (Å²) in [4.78, 5) is 4.49. The van der Waals surface area contributed by atoms with E-state index in [-0.39, 0.29) is 0 Å². The summed E-state index contributed by atoms with van der Waals surface area (Å²) in [6.07, 6.45) is 2.05. The Hall–Kier alpha value is -1.48. The average Bonchev–Trinajstić information content (AvgIpc) is 2.58. The summed E-state index contributed by atoms with van der Waals surface area (Å²) in [6.45, 7) is 6.98. The van der Waals surface area contributed by atoms with Crippen LogP contribution in [0.15, 0.2) is 30.5 Å². The molecule has 3 nitrogen and oxygen atoms in total. The van der Waals surface area contributed by atoms with Gasteiger partial charge in [0.1, 0.15) is 0 Å². The highest BCUT2D eigenvalue weighted by atomic mass is 35.5. The molecule has 0 unspecified atom stereocenters. The number of aryl methyl sites for hydroxylation is 1. The van der Waals surface area contributed by atoms with Crippen molar-refractivity contribution in [2.75, 3.05) is 5.32 Å². The van der Waals surface area contributed by atoms with Crippen molar-refractivity contribution in [1.29, 1.82) is 0 Å². The van der Waals surface area contributed by atoms with Crippen molar-refractivity contribution in [3.8, 4) is 0 Å². The molecule has 0 saturated carbocycles. The summed E-state index contributed by atoms with van der Waals surface area (Å²) in [5, 5.41) is 4.11. The van der Waals surface area contributed by atoms with Crippen LogP contribution in [0.5, 0.6) is 0 Å². The largest absolute Gasteiger partial charge is 0.353 e. The molecule has 0 bridgehead atoms. The zero-order valence-electron chi connectivity index (χ0n) is 10.9. The van der Waals surface area contributed by atoms with E-state index in [0.717, 1.165) is 23.2 Å². The minimum atomic E-state index is 0.366. The van der Waals surface area contributed by atoms with E-state index in [0.29, 0.717) is 6.04 Å². The summed E-state index contributed by atoms with van der Waals surface area (Å²) in [7, 11) is 0. The fourth-order valence-corrected chi connectivity index (χ4v) is 2.09. The smallest absolute Gasteiger partial charge is 0.203 e. The van der Waals surface area contributed by atoms with E-state index in [1.54, 1.807) is 0 Å².